The molecule has 0 aromatic rings. The van der Waals surface area contributed by atoms with Gasteiger partial charge in [-0.3, -0.25) is 4.79 Å². The summed E-state index contributed by atoms with van der Waals surface area (Å²) in [4.78, 5) is 11.8. The molecule has 0 radical (unpaired) electrons. The third-order valence-electron chi connectivity index (χ3n) is 2.83. The number of piperidine rings is 1. The van der Waals surface area contributed by atoms with Crippen LogP contribution in [-0.2, 0) is 9.53 Å². The van der Waals surface area contributed by atoms with Gasteiger partial charge in [-0.05, 0) is 25.8 Å². The van der Waals surface area contributed by atoms with Crippen LogP contribution in [0.4, 0.5) is 0 Å². The van der Waals surface area contributed by atoms with E-state index >= 15 is 0 Å². The molecule has 88 valence electrons. The van der Waals surface area contributed by atoms with Crippen molar-refractivity contribution < 1.29 is 9.53 Å². The summed E-state index contributed by atoms with van der Waals surface area (Å²) in [6.07, 6.45) is 4.19. The number of carbonyl (C=O) groups is 1. The molecule has 4 heteroatoms. The van der Waals surface area contributed by atoms with Crippen molar-refractivity contribution in [1.82, 2.24) is 10.6 Å². The Morgan fingerprint density at radius 2 is 2.40 bits per heavy atom. The number of rotatable bonds is 5. The predicted octanol–water partition coefficient (Wildman–Crippen LogP) is 0.670. The molecule has 1 fully saturated rings. The van der Waals surface area contributed by atoms with E-state index in [1.807, 2.05) is 0 Å². The van der Waals surface area contributed by atoms with Gasteiger partial charge in [0.15, 0.2) is 0 Å². The van der Waals surface area contributed by atoms with Crippen LogP contribution < -0.4 is 10.6 Å². The van der Waals surface area contributed by atoms with Gasteiger partial charge < -0.3 is 15.4 Å². The van der Waals surface area contributed by atoms with Crippen LogP contribution in [0.25, 0.3) is 0 Å². The van der Waals surface area contributed by atoms with Crippen LogP contribution in [0, 0.1) is 0 Å². The van der Waals surface area contributed by atoms with Crippen molar-refractivity contribution in [2.75, 3.05) is 20.3 Å². The molecule has 1 aliphatic heterocycles. The molecule has 0 saturated carbocycles. The van der Waals surface area contributed by atoms with Crippen molar-refractivity contribution in [2.24, 2.45) is 0 Å². The first-order valence-corrected chi connectivity index (χ1v) is 5.80. The Balaban J connectivity index is 2.31. The van der Waals surface area contributed by atoms with Crippen LogP contribution in [0.2, 0.25) is 0 Å². The maximum Gasteiger partial charge on any atom is 0.237 e. The normalized spacial score (nSPS) is 23.5. The van der Waals surface area contributed by atoms with Crippen LogP contribution in [0.1, 0.15) is 32.6 Å². The average molecular weight is 214 g/mol. The van der Waals surface area contributed by atoms with Gasteiger partial charge in [0, 0.05) is 7.11 Å². The fourth-order valence-corrected chi connectivity index (χ4v) is 1.84. The van der Waals surface area contributed by atoms with Crippen molar-refractivity contribution in [3.63, 3.8) is 0 Å². The van der Waals surface area contributed by atoms with E-state index in [1.54, 1.807) is 7.11 Å². The standard InChI is InChI=1S/C11H22N2O2/c1-3-9(8-15-2)13-11(14)10-6-4-5-7-12-10/h9-10,12H,3-8H2,1-2H3,(H,13,14)/t9?,10-/m0/s1. The summed E-state index contributed by atoms with van der Waals surface area (Å²) < 4.78 is 5.05. The lowest BCUT2D eigenvalue weighted by Gasteiger charge is -2.25. The quantitative estimate of drug-likeness (QED) is 0.707. The van der Waals surface area contributed by atoms with E-state index in [0.29, 0.717) is 6.61 Å². The monoisotopic (exact) mass is 214 g/mol. The van der Waals surface area contributed by atoms with Crippen molar-refractivity contribution >= 4 is 5.91 Å². The minimum atomic E-state index is 0.00431. The third-order valence-corrected chi connectivity index (χ3v) is 2.83. The molecule has 15 heavy (non-hydrogen) atoms. The van der Waals surface area contributed by atoms with E-state index in [4.69, 9.17) is 4.74 Å². The highest BCUT2D eigenvalue weighted by Crippen LogP contribution is 2.07. The molecule has 2 N–H and O–H groups in total. The SMILES string of the molecule is CCC(COC)NC(=O)[C@@H]1CCCCN1. The van der Waals surface area contributed by atoms with Gasteiger partial charge in [-0.15, -0.1) is 0 Å². The van der Waals surface area contributed by atoms with Crippen LogP contribution in [-0.4, -0.2) is 38.3 Å². The molecule has 1 aliphatic rings. The van der Waals surface area contributed by atoms with Gasteiger partial charge in [0.05, 0.1) is 18.7 Å². The Morgan fingerprint density at radius 1 is 1.60 bits per heavy atom. The summed E-state index contributed by atoms with van der Waals surface area (Å²) in [7, 11) is 1.66. The Labute approximate surface area is 91.8 Å². The summed E-state index contributed by atoms with van der Waals surface area (Å²) in [5, 5.41) is 6.25. The van der Waals surface area contributed by atoms with Crippen LogP contribution in [0.15, 0.2) is 0 Å². The minimum absolute atomic E-state index is 0.00431. The fraction of sp³-hybridized carbons (Fsp3) is 0.909. The molecule has 1 amide bonds. The summed E-state index contributed by atoms with van der Waals surface area (Å²) in [5.74, 6) is 0.124. The van der Waals surface area contributed by atoms with Crippen molar-refractivity contribution in [2.45, 2.75) is 44.7 Å². The number of ether oxygens (including phenoxy) is 1. The molecule has 0 bridgehead atoms. The summed E-state index contributed by atoms with van der Waals surface area (Å²) in [6, 6.07) is 0.149. The van der Waals surface area contributed by atoms with Crippen LogP contribution in [0.3, 0.4) is 0 Å². The topological polar surface area (TPSA) is 50.4 Å². The van der Waals surface area contributed by atoms with Crippen molar-refractivity contribution in [1.29, 1.82) is 0 Å². The van der Waals surface area contributed by atoms with E-state index in [0.717, 1.165) is 25.8 Å². The number of nitrogens with one attached hydrogen (secondary N) is 2. The highest BCUT2D eigenvalue weighted by molar-refractivity contribution is 5.82. The molecule has 0 aromatic carbocycles. The fourth-order valence-electron chi connectivity index (χ4n) is 1.84. The number of carbonyl (C=O) groups excluding carboxylic acids is 1. The lowest BCUT2D eigenvalue weighted by atomic mass is 10.0. The summed E-state index contributed by atoms with van der Waals surface area (Å²) in [5.41, 5.74) is 0. The third kappa shape index (κ3) is 4.18. The largest absolute Gasteiger partial charge is 0.383 e. The first-order chi connectivity index (χ1) is 7.27. The predicted molar refractivity (Wildman–Crippen MR) is 59.7 cm³/mol. The van der Waals surface area contributed by atoms with Gasteiger partial charge in [-0.2, -0.15) is 0 Å². The molecule has 1 unspecified atom stereocenters. The molecule has 1 rings (SSSR count). The van der Waals surface area contributed by atoms with Gasteiger partial charge in [-0.25, -0.2) is 0 Å². The van der Waals surface area contributed by atoms with E-state index in [9.17, 15) is 4.79 Å². The zero-order valence-corrected chi connectivity index (χ0v) is 9.71. The van der Waals surface area contributed by atoms with E-state index in [2.05, 4.69) is 17.6 Å². The Morgan fingerprint density at radius 3 is 2.93 bits per heavy atom. The van der Waals surface area contributed by atoms with Crippen LogP contribution in [0.5, 0.6) is 0 Å². The molecule has 0 spiro atoms. The Bertz CT molecular complexity index is 191. The maximum atomic E-state index is 11.8. The highest BCUT2D eigenvalue weighted by Gasteiger charge is 2.22. The second-order valence-electron chi connectivity index (χ2n) is 4.07. The molecule has 1 saturated heterocycles. The smallest absolute Gasteiger partial charge is 0.237 e. The van der Waals surface area contributed by atoms with Gasteiger partial charge in [0.25, 0.3) is 0 Å². The Kier molecular flexibility index (Phi) is 5.65. The van der Waals surface area contributed by atoms with Gasteiger partial charge in [0.2, 0.25) is 5.91 Å². The van der Waals surface area contributed by atoms with Crippen molar-refractivity contribution in [3.05, 3.63) is 0 Å². The molecule has 1 heterocycles. The zero-order valence-electron chi connectivity index (χ0n) is 9.71. The number of hydrogen-bond donors (Lipinski definition) is 2. The Hall–Kier alpha value is -0.610. The molecule has 2 atom stereocenters. The highest BCUT2D eigenvalue weighted by atomic mass is 16.5. The number of methoxy groups -OCH3 is 1. The van der Waals surface area contributed by atoms with Crippen molar-refractivity contribution in [3.8, 4) is 0 Å². The second-order valence-corrected chi connectivity index (χ2v) is 4.07. The summed E-state index contributed by atoms with van der Waals surface area (Å²) >= 11 is 0. The first kappa shape index (κ1) is 12.5. The number of hydrogen-bond acceptors (Lipinski definition) is 3. The molecular formula is C11H22N2O2. The molecule has 0 aliphatic carbocycles. The molecular weight excluding hydrogens is 192 g/mol. The average Bonchev–Trinajstić information content (AvgIpc) is 2.29. The van der Waals surface area contributed by atoms with Gasteiger partial charge in [0.1, 0.15) is 0 Å². The summed E-state index contributed by atoms with van der Waals surface area (Å²) in [6.45, 7) is 3.60. The lowest BCUT2D eigenvalue weighted by molar-refractivity contribution is -0.124. The van der Waals surface area contributed by atoms with E-state index in [-0.39, 0.29) is 18.0 Å². The lowest BCUT2D eigenvalue weighted by Crippen LogP contribution is -2.50. The van der Waals surface area contributed by atoms with E-state index in [1.165, 1.54) is 6.42 Å². The zero-order chi connectivity index (χ0) is 11.1. The van der Waals surface area contributed by atoms with Crippen LogP contribution >= 0.6 is 0 Å². The second kappa shape index (κ2) is 6.80. The molecule has 4 nitrogen and oxygen atoms in total. The maximum absolute atomic E-state index is 11.8. The molecule has 0 aromatic heterocycles. The minimum Gasteiger partial charge on any atom is -0.383 e. The van der Waals surface area contributed by atoms with E-state index < -0.39 is 0 Å². The van der Waals surface area contributed by atoms with Gasteiger partial charge in [-0.1, -0.05) is 13.3 Å². The first-order valence-electron chi connectivity index (χ1n) is 5.80. The van der Waals surface area contributed by atoms with Gasteiger partial charge >= 0.3 is 0 Å². The number of amides is 1.